The molecule has 0 unspecified atom stereocenters. The first-order chi connectivity index (χ1) is 12.7. The molecule has 0 heterocycles. The lowest BCUT2D eigenvalue weighted by Crippen LogP contribution is -2.33. The summed E-state index contributed by atoms with van der Waals surface area (Å²) in [6.07, 6.45) is 4.18. The molecule has 5 nitrogen and oxygen atoms in total. The van der Waals surface area contributed by atoms with E-state index in [1.807, 2.05) is 42.5 Å². The van der Waals surface area contributed by atoms with Crippen molar-refractivity contribution in [1.82, 2.24) is 10.6 Å². The predicted molar refractivity (Wildman–Crippen MR) is 103 cm³/mol. The monoisotopic (exact) mass is 352 g/mol. The van der Waals surface area contributed by atoms with Crippen molar-refractivity contribution in [2.24, 2.45) is 0 Å². The molecule has 0 aliphatic heterocycles. The van der Waals surface area contributed by atoms with Crippen molar-refractivity contribution in [3.63, 3.8) is 0 Å². The Morgan fingerprint density at radius 1 is 0.962 bits per heavy atom. The molecule has 0 bridgehead atoms. The van der Waals surface area contributed by atoms with Gasteiger partial charge in [-0.15, -0.1) is 0 Å². The molecular formula is C21H24N2O3. The minimum absolute atomic E-state index is 0.152. The first kappa shape index (κ1) is 19.2. The van der Waals surface area contributed by atoms with Gasteiger partial charge in [-0.05, 0) is 42.3 Å². The van der Waals surface area contributed by atoms with Crippen LogP contribution in [0.3, 0.4) is 0 Å². The topological polar surface area (TPSA) is 67.4 Å². The van der Waals surface area contributed by atoms with Gasteiger partial charge in [0.05, 0.1) is 6.61 Å². The molecule has 0 radical (unpaired) electrons. The lowest BCUT2D eigenvalue weighted by Gasteiger charge is -2.06. The van der Waals surface area contributed by atoms with E-state index in [2.05, 4.69) is 17.6 Å². The van der Waals surface area contributed by atoms with Crippen LogP contribution in [0.5, 0.6) is 5.75 Å². The van der Waals surface area contributed by atoms with E-state index in [-0.39, 0.29) is 11.8 Å². The van der Waals surface area contributed by atoms with Gasteiger partial charge in [-0.3, -0.25) is 9.59 Å². The summed E-state index contributed by atoms with van der Waals surface area (Å²) in [5, 5.41) is 5.49. The molecule has 2 amide bonds. The summed E-state index contributed by atoms with van der Waals surface area (Å²) in [7, 11) is 0. The highest BCUT2D eigenvalue weighted by Crippen LogP contribution is 2.13. The smallest absolute Gasteiger partial charge is 0.251 e. The van der Waals surface area contributed by atoms with Gasteiger partial charge in [-0.25, -0.2) is 0 Å². The Labute approximate surface area is 154 Å². The molecule has 0 saturated heterocycles. The number of rotatable bonds is 9. The van der Waals surface area contributed by atoms with Crippen LogP contribution in [0.15, 0.2) is 60.7 Å². The van der Waals surface area contributed by atoms with Crippen LogP contribution in [0.4, 0.5) is 0 Å². The van der Waals surface area contributed by atoms with E-state index in [4.69, 9.17) is 4.74 Å². The van der Waals surface area contributed by atoms with E-state index < -0.39 is 0 Å². The predicted octanol–water partition coefficient (Wildman–Crippen LogP) is 3.03. The van der Waals surface area contributed by atoms with Crippen LogP contribution >= 0.6 is 0 Å². The van der Waals surface area contributed by atoms with E-state index in [0.717, 1.165) is 17.7 Å². The van der Waals surface area contributed by atoms with E-state index >= 15 is 0 Å². The zero-order valence-electron chi connectivity index (χ0n) is 14.9. The Balaban J connectivity index is 1.68. The summed E-state index contributed by atoms with van der Waals surface area (Å²) in [5.74, 6) is 0.466. The second kappa shape index (κ2) is 10.7. The molecule has 136 valence electrons. The molecular weight excluding hydrogens is 328 g/mol. The Hall–Kier alpha value is -3.08. The molecule has 0 saturated carbocycles. The van der Waals surface area contributed by atoms with Crippen LogP contribution in [0.2, 0.25) is 0 Å². The Bertz CT molecular complexity index is 725. The van der Waals surface area contributed by atoms with E-state index in [1.54, 1.807) is 18.2 Å². The number of benzene rings is 2. The van der Waals surface area contributed by atoms with Crippen LogP contribution in [0.25, 0.3) is 6.08 Å². The lowest BCUT2D eigenvalue weighted by molar-refractivity contribution is -0.116. The molecule has 2 rings (SSSR count). The first-order valence-electron chi connectivity index (χ1n) is 8.71. The van der Waals surface area contributed by atoms with Crippen molar-refractivity contribution in [1.29, 1.82) is 0 Å². The normalized spacial score (nSPS) is 10.5. The van der Waals surface area contributed by atoms with Crippen molar-refractivity contribution in [2.75, 3.05) is 19.7 Å². The standard InChI is InChI=1S/C21H24N2O3/c1-2-16-26-19-11-8-17(9-12-19)10-13-20(24)22-14-15-23-21(25)18-6-4-3-5-7-18/h3-13H,2,14-16H2,1H3,(H,22,24)(H,23,25)/b13-10+. The highest BCUT2D eigenvalue weighted by molar-refractivity contribution is 5.94. The van der Waals surface area contributed by atoms with Gasteiger partial charge in [0.2, 0.25) is 5.91 Å². The van der Waals surface area contributed by atoms with Crippen LogP contribution < -0.4 is 15.4 Å². The molecule has 5 heteroatoms. The molecule has 2 aromatic rings. The molecule has 0 fully saturated rings. The number of ether oxygens (including phenoxy) is 1. The maximum atomic E-state index is 11.8. The van der Waals surface area contributed by atoms with Crippen molar-refractivity contribution < 1.29 is 14.3 Å². The van der Waals surface area contributed by atoms with Crippen LogP contribution in [0, 0.1) is 0 Å². The van der Waals surface area contributed by atoms with E-state index in [9.17, 15) is 9.59 Å². The average Bonchev–Trinajstić information content (AvgIpc) is 2.69. The van der Waals surface area contributed by atoms with Crippen molar-refractivity contribution in [2.45, 2.75) is 13.3 Å². The fourth-order valence-corrected chi connectivity index (χ4v) is 2.18. The summed E-state index contributed by atoms with van der Waals surface area (Å²) in [4.78, 5) is 23.6. The summed E-state index contributed by atoms with van der Waals surface area (Å²) >= 11 is 0. The van der Waals surface area contributed by atoms with Crippen molar-refractivity contribution >= 4 is 17.9 Å². The number of nitrogens with one attached hydrogen (secondary N) is 2. The van der Waals surface area contributed by atoms with Crippen molar-refractivity contribution in [3.05, 3.63) is 71.8 Å². The third-order valence-corrected chi connectivity index (χ3v) is 3.53. The zero-order valence-corrected chi connectivity index (χ0v) is 14.9. The number of hydrogen-bond acceptors (Lipinski definition) is 3. The molecule has 0 aromatic heterocycles. The Kier molecular flexibility index (Phi) is 7.93. The summed E-state index contributed by atoms with van der Waals surface area (Å²) in [5.41, 5.74) is 1.52. The maximum Gasteiger partial charge on any atom is 0.251 e. The third kappa shape index (κ3) is 6.81. The number of carbonyl (C=O) groups is 2. The molecule has 0 aliphatic carbocycles. The van der Waals surface area contributed by atoms with Gasteiger partial charge in [0, 0.05) is 24.7 Å². The third-order valence-electron chi connectivity index (χ3n) is 3.53. The highest BCUT2D eigenvalue weighted by atomic mass is 16.5. The van der Waals surface area contributed by atoms with Crippen LogP contribution in [0.1, 0.15) is 29.3 Å². The molecule has 0 aliphatic rings. The molecule has 2 N–H and O–H groups in total. The molecule has 0 atom stereocenters. The first-order valence-corrected chi connectivity index (χ1v) is 8.71. The highest BCUT2D eigenvalue weighted by Gasteiger charge is 2.03. The maximum absolute atomic E-state index is 11.8. The minimum Gasteiger partial charge on any atom is -0.494 e. The van der Waals surface area contributed by atoms with Crippen LogP contribution in [-0.4, -0.2) is 31.5 Å². The van der Waals surface area contributed by atoms with Gasteiger partial charge in [0.1, 0.15) is 5.75 Å². The average molecular weight is 352 g/mol. The summed E-state index contributed by atoms with van der Waals surface area (Å²) in [6.45, 7) is 3.49. The van der Waals surface area contributed by atoms with Crippen molar-refractivity contribution in [3.8, 4) is 5.75 Å². The Morgan fingerprint density at radius 3 is 2.35 bits per heavy atom. The second-order valence-corrected chi connectivity index (χ2v) is 5.66. The summed E-state index contributed by atoms with van der Waals surface area (Å²) < 4.78 is 5.51. The van der Waals surface area contributed by atoms with Gasteiger partial charge < -0.3 is 15.4 Å². The number of carbonyl (C=O) groups excluding carboxylic acids is 2. The Morgan fingerprint density at radius 2 is 1.65 bits per heavy atom. The quantitative estimate of drug-likeness (QED) is 0.538. The molecule has 2 aromatic carbocycles. The summed E-state index contributed by atoms with van der Waals surface area (Å²) in [6, 6.07) is 16.5. The van der Waals surface area contributed by atoms with Gasteiger partial charge in [-0.2, -0.15) is 0 Å². The minimum atomic E-state index is -0.203. The van der Waals surface area contributed by atoms with E-state index in [0.29, 0.717) is 25.3 Å². The van der Waals surface area contributed by atoms with Gasteiger partial charge >= 0.3 is 0 Å². The number of hydrogen-bond donors (Lipinski definition) is 2. The fraction of sp³-hybridized carbons (Fsp3) is 0.238. The number of amides is 2. The van der Waals surface area contributed by atoms with Crippen LogP contribution in [-0.2, 0) is 4.79 Å². The largest absolute Gasteiger partial charge is 0.494 e. The molecule has 0 spiro atoms. The van der Waals surface area contributed by atoms with Gasteiger partial charge in [-0.1, -0.05) is 37.3 Å². The van der Waals surface area contributed by atoms with E-state index in [1.165, 1.54) is 6.08 Å². The molecule has 26 heavy (non-hydrogen) atoms. The SMILES string of the molecule is CCCOc1ccc(/C=C/C(=O)NCCNC(=O)c2ccccc2)cc1. The zero-order chi connectivity index (χ0) is 18.6. The second-order valence-electron chi connectivity index (χ2n) is 5.66. The van der Waals surface area contributed by atoms with Gasteiger partial charge in [0.15, 0.2) is 0 Å². The lowest BCUT2D eigenvalue weighted by atomic mass is 10.2. The fourth-order valence-electron chi connectivity index (χ4n) is 2.18. The van der Waals surface area contributed by atoms with Gasteiger partial charge in [0.25, 0.3) is 5.91 Å².